The number of carbonyl (C=O) groups is 1. The first-order valence-corrected chi connectivity index (χ1v) is 3.28. The molecule has 0 aromatic rings. The van der Waals surface area contributed by atoms with Crippen molar-refractivity contribution >= 4 is 5.97 Å². The molecule has 0 bridgehead atoms. The quantitative estimate of drug-likeness (QED) is 0.487. The Morgan fingerprint density at radius 3 is 2.10 bits per heavy atom. The number of hydrogen-bond acceptors (Lipinski definition) is 3. The van der Waals surface area contributed by atoms with Crippen molar-refractivity contribution in [1.29, 1.82) is 0 Å². The summed E-state index contributed by atoms with van der Waals surface area (Å²) >= 11 is 0. The van der Waals surface area contributed by atoms with Gasteiger partial charge in [0.05, 0.1) is 0 Å². The molecule has 0 saturated carbocycles. The summed E-state index contributed by atoms with van der Waals surface area (Å²) in [5.74, 6) is -0.854. The van der Waals surface area contributed by atoms with Gasteiger partial charge < -0.3 is 5.11 Å². The smallest absolute Gasteiger partial charge is 0.321 e. The van der Waals surface area contributed by atoms with Gasteiger partial charge in [0.1, 0.15) is 6.04 Å². The maximum atomic E-state index is 10.2. The highest BCUT2D eigenvalue weighted by Crippen LogP contribution is 1.78. The Morgan fingerprint density at radius 2 is 1.80 bits per heavy atom. The Balaban J connectivity index is 3.40. The molecule has 0 aliphatic carbocycles. The van der Waals surface area contributed by atoms with Crippen LogP contribution in [0.1, 0.15) is 20.8 Å². The fourth-order valence-corrected chi connectivity index (χ4v) is 0.353. The van der Waals surface area contributed by atoms with Gasteiger partial charge in [-0.25, -0.2) is 5.43 Å². The highest BCUT2D eigenvalue weighted by molar-refractivity contribution is 5.72. The number of carboxylic acids is 1. The monoisotopic (exact) mass is 146 g/mol. The van der Waals surface area contributed by atoms with E-state index in [1.54, 1.807) is 6.92 Å². The molecule has 0 fully saturated rings. The third-order valence-electron chi connectivity index (χ3n) is 0.959. The Kier molecular flexibility index (Phi) is 3.99. The van der Waals surface area contributed by atoms with Gasteiger partial charge in [0.2, 0.25) is 0 Å². The van der Waals surface area contributed by atoms with Crippen molar-refractivity contribution in [2.75, 3.05) is 0 Å². The molecule has 4 nitrogen and oxygen atoms in total. The van der Waals surface area contributed by atoms with Crippen LogP contribution in [0.2, 0.25) is 0 Å². The number of nitrogens with one attached hydrogen (secondary N) is 2. The molecular formula is C6H14N2O2. The largest absolute Gasteiger partial charge is 0.480 e. The van der Waals surface area contributed by atoms with Crippen LogP contribution in [0.3, 0.4) is 0 Å². The molecule has 0 saturated heterocycles. The normalized spacial score (nSPS) is 13.6. The van der Waals surface area contributed by atoms with E-state index in [9.17, 15) is 4.79 Å². The van der Waals surface area contributed by atoms with Crippen molar-refractivity contribution in [2.45, 2.75) is 32.9 Å². The number of hydrogen-bond donors (Lipinski definition) is 3. The van der Waals surface area contributed by atoms with E-state index in [1.165, 1.54) is 0 Å². The van der Waals surface area contributed by atoms with Gasteiger partial charge in [-0.1, -0.05) is 0 Å². The lowest BCUT2D eigenvalue weighted by atomic mass is 10.4. The number of rotatable bonds is 4. The summed E-state index contributed by atoms with van der Waals surface area (Å²) in [4.78, 5) is 10.2. The van der Waals surface area contributed by atoms with Crippen LogP contribution in [-0.4, -0.2) is 23.2 Å². The number of carboxylic acid groups (broad SMARTS) is 1. The Morgan fingerprint density at radius 1 is 1.30 bits per heavy atom. The van der Waals surface area contributed by atoms with Crippen LogP contribution < -0.4 is 10.9 Å². The molecule has 0 aromatic carbocycles. The molecular weight excluding hydrogens is 132 g/mol. The van der Waals surface area contributed by atoms with Crippen LogP contribution in [0, 0.1) is 0 Å². The van der Waals surface area contributed by atoms with Crippen molar-refractivity contribution in [1.82, 2.24) is 10.9 Å². The Hall–Kier alpha value is -0.610. The topological polar surface area (TPSA) is 61.4 Å². The highest BCUT2D eigenvalue weighted by Gasteiger charge is 2.08. The maximum absolute atomic E-state index is 10.2. The molecule has 0 aromatic heterocycles. The predicted octanol–water partition coefficient (Wildman–Crippen LogP) is -0.0379. The van der Waals surface area contributed by atoms with E-state index >= 15 is 0 Å². The fraction of sp³-hybridized carbons (Fsp3) is 0.833. The average molecular weight is 146 g/mol. The summed E-state index contributed by atoms with van der Waals surface area (Å²) in [6.07, 6.45) is 0. The molecule has 60 valence electrons. The Labute approximate surface area is 60.6 Å². The average Bonchev–Trinajstić information content (AvgIpc) is 1.82. The van der Waals surface area contributed by atoms with Gasteiger partial charge in [-0.05, 0) is 20.8 Å². The van der Waals surface area contributed by atoms with E-state index in [0.717, 1.165) is 0 Å². The SMILES string of the molecule is CC(C)NNC(C)C(=O)O. The van der Waals surface area contributed by atoms with E-state index in [0.29, 0.717) is 0 Å². The van der Waals surface area contributed by atoms with E-state index in [2.05, 4.69) is 10.9 Å². The summed E-state index contributed by atoms with van der Waals surface area (Å²) in [6, 6.07) is -0.288. The second kappa shape index (κ2) is 4.24. The minimum atomic E-state index is -0.854. The van der Waals surface area contributed by atoms with Crippen LogP contribution in [0.4, 0.5) is 0 Å². The molecule has 10 heavy (non-hydrogen) atoms. The summed E-state index contributed by atoms with van der Waals surface area (Å²) in [6.45, 7) is 5.45. The zero-order valence-electron chi connectivity index (χ0n) is 6.51. The fourth-order valence-electron chi connectivity index (χ4n) is 0.353. The molecule has 0 radical (unpaired) electrons. The maximum Gasteiger partial charge on any atom is 0.321 e. The van der Waals surface area contributed by atoms with Crippen molar-refractivity contribution < 1.29 is 9.90 Å². The van der Waals surface area contributed by atoms with E-state index in [-0.39, 0.29) is 6.04 Å². The predicted molar refractivity (Wildman–Crippen MR) is 38.5 cm³/mol. The van der Waals surface area contributed by atoms with Gasteiger partial charge in [0.25, 0.3) is 0 Å². The molecule has 1 unspecified atom stereocenters. The molecule has 3 N–H and O–H groups in total. The molecule has 0 heterocycles. The minimum Gasteiger partial charge on any atom is -0.480 e. The zero-order chi connectivity index (χ0) is 8.15. The third-order valence-corrected chi connectivity index (χ3v) is 0.959. The van der Waals surface area contributed by atoms with E-state index in [4.69, 9.17) is 5.11 Å². The zero-order valence-corrected chi connectivity index (χ0v) is 6.51. The van der Waals surface area contributed by atoms with Crippen LogP contribution >= 0.6 is 0 Å². The standard InChI is InChI=1S/C6H14N2O2/c1-4(2)7-8-5(3)6(9)10/h4-5,7-8H,1-3H3,(H,9,10). The molecule has 0 amide bonds. The lowest BCUT2D eigenvalue weighted by molar-refractivity contribution is -0.139. The van der Waals surface area contributed by atoms with Crippen LogP contribution in [-0.2, 0) is 4.79 Å². The van der Waals surface area contributed by atoms with Crippen LogP contribution in [0.5, 0.6) is 0 Å². The lowest BCUT2D eigenvalue weighted by Crippen LogP contribution is -2.46. The van der Waals surface area contributed by atoms with Crippen LogP contribution in [0.15, 0.2) is 0 Å². The summed E-state index contributed by atoms with van der Waals surface area (Å²) in [5, 5.41) is 8.39. The van der Waals surface area contributed by atoms with Gasteiger partial charge in [0, 0.05) is 6.04 Å². The molecule has 0 aliphatic rings. The van der Waals surface area contributed by atoms with E-state index in [1.807, 2.05) is 13.8 Å². The van der Waals surface area contributed by atoms with Gasteiger partial charge in [-0.2, -0.15) is 0 Å². The second-order valence-electron chi connectivity index (χ2n) is 2.50. The highest BCUT2D eigenvalue weighted by atomic mass is 16.4. The van der Waals surface area contributed by atoms with Crippen molar-refractivity contribution in [3.8, 4) is 0 Å². The first-order valence-electron chi connectivity index (χ1n) is 3.28. The molecule has 0 aliphatic heterocycles. The Bertz CT molecular complexity index is 114. The lowest BCUT2D eigenvalue weighted by Gasteiger charge is -2.12. The molecule has 0 spiro atoms. The van der Waals surface area contributed by atoms with Gasteiger partial charge >= 0.3 is 5.97 Å². The minimum absolute atomic E-state index is 0.252. The number of aliphatic carboxylic acids is 1. The number of hydrazine groups is 1. The van der Waals surface area contributed by atoms with Crippen molar-refractivity contribution in [2.24, 2.45) is 0 Å². The van der Waals surface area contributed by atoms with Crippen LogP contribution in [0.25, 0.3) is 0 Å². The van der Waals surface area contributed by atoms with Gasteiger partial charge in [0.15, 0.2) is 0 Å². The summed E-state index contributed by atoms with van der Waals surface area (Å²) < 4.78 is 0. The van der Waals surface area contributed by atoms with Gasteiger partial charge in [-0.3, -0.25) is 10.2 Å². The van der Waals surface area contributed by atoms with Crippen molar-refractivity contribution in [3.63, 3.8) is 0 Å². The van der Waals surface area contributed by atoms with E-state index < -0.39 is 12.0 Å². The molecule has 1 atom stereocenters. The summed E-state index contributed by atoms with van der Waals surface area (Å²) in [7, 11) is 0. The first kappa shape index (κ1) is 9.39. The first-order chi connectivity index (χ1) is 4.54. The second-order valence-corrected chi connectivity index (χ2v) is 2.50. The molecule has 0 rings (SSSR count). The van der Waals surface area contributed by atoms with Crippen molar-refractivity contribution in [3.05, 3.63) is 0 Å². The third kappa shape index (κ3) is 4.29. The molecule has 4 heteroatoms. The van der Waals surface area contributed by atoms with Gasteiger partial charge in [-0.15, -0.1) is 0 Å². The summed E-state index contributed by atoms with van der Waals surface area (Å²) in [5.41, 5.74) is 5.43.